The van der Waals surface area contributed by atoms with Crippen LogP contribution in [0.3, 0.4) is 0 Å². The molecule has 2 aromatic carbocycles. The minimum absolute atomic E-state index is 0.259. The average Bonchev–Trinajstić information content (AvgIpc) is 2.55. The summed E-state index contributed by atoms with van der Waals surface area (Å²) in [7, 11) is 3.20. The Labute approximate surface area is 124 Å². The van der Waals surface area contributed by atoms with Gasteiger partial charge < -0.3 is 14.2 Å². The Bertz CT molecular complexity index is 573. The van der Waals surface area contributed by atoms with Gasteiger partial charge in [0.2, 0.25) is 0 Å². The van der Waals surface area contributed by atoms with Crippen LogP contribution in [-0.4, -0.2) is 33.4 Å². The lowest BCUT2D eigenvalue weighted by molar-refractivity contribution is 0.0388. The molecule has 0 unspecified atom stereocenters. The fraction of sp³-hybridized carbons (Fsp3) is 0.235. The third-order valence-electron chi connectivity index (χ3n) is 3.06. The molecule has 2 aromatic rings. The predicted molar refractivity (Wildman–Crippen MR) is 80.6 cm³/mol. The molecule has 0 heterocycles. The summed E-state index contributed by atoms with van der Waals surface area (Å²) in [4.78, 5) is 11.8. The summed E-state index contributed by atoms with van der Waals surface area (Å²) < 4.78 is 15.0. The zero-order valence-corrected chi connectivity index (χ0v) is 12.2. The van der Waals surface area contributed by atoms with Crippen LogP contribution >= 0.6 is 0 Å². The van der Waals surface area contributed by atoms with Gasteiger partial charge in [0.05, 0.1) is 19.3 Å². The molecule has 4 nitrogen and oxygen atoms in total. The van der Waals surface area contributed by atoms with Crippen molar-refractivity contribution in [1.82, 2.24) is 0 Å². The molecule has 0 aliphatic heterocycles. The first-order valence-electron chi connectivity index (χ1n) is 6.65. The molecule has 0 saturated carbocycles. The van der Waals surface area contributed by atoms with Gasteiger partial charge in [-0.05, 0) is 35.4 Å². The second-order valence-corrected chi connectivity index (χ2v) is 4.43. The Morgan fingerprint density at radius 3 is 1.95 bits per heavy atom. The van der Waals surface area contributed by atoms with Crippen molar-refractivity contribution in [3.05, 3.63) is 54.1 Å². The van der Waals surface area contributed by atoms with Crippen molar-refractivity contribution in [3.8, 4) is 16.9 Å². The minimum Gasteiger partial charge on any atom is -0.497 e. The molecular formula is C17H18O4. The number of hydrogen-bond acceptors (Lipinski definition) is 4. The number of rotatable bonds is 6. The summed E-state index contributed by atoms with van der Waals surface area (Å²) in [5.74, 6) is 0.477. The molecule has 4 heteroatoms. The molecule has 0 aliphatic rings. The predicted octanol–water partition coefficient (Wildman–Crippen LogP) is 3.17. The molecular weight excluding hydrogens is 268 g/mol. The van der Waals surface area contributed by atoms with Gasteiger partial charge in [-0.3, -0.25) is 0 Å². The fourth-order valence-corrected chi connectivity index (χ4v) is 1.88. The van der Waals surface area contributed by atoms with Crippen LogP contribution in [0.1, 0.15) is 10.4 Å². The van der Waals surface area contributed by atoms with Crippen molar-refractivity contribution >= 4 is 5.97 Å². The van der Waals surface area contributed by atoms with Gasteiger partial charge in [0, 0.05) is 7.11 Å². The molecule has 0 spiro atoms. The normalized spacial score (nSPS) is 10.2. The Kier molecular flexibility index (Phi) is 5.35. The smallest absolute Gasteiger partial charge is 0.338 e. The first-order chi connectivity index (χ1) is 10.2. The van der Waals surface area contributed by atoms with Crippen LogP contribution in [0.15, 0.2) is 48.5 Å². The van der Waals surface area contributed by atoms with Crippen molar-refractivity contribution in [2.75, 3.05) is 27.4 Å². The Morgan fingerprint density at radius 2 is 1.43 bits per heavy atom. The number of carbonyl (C=O) groups is 1. The van der Waals surface area contributed by atoms with Crippen LogP contribution in [0.25, 0.3) is 11.1 Å². The van der Waals surface area contributed by atoms with E-state index >= 15 is 0 Å². The first-order valence-corrected chi connectivity index (χ1v) is 6.65. The topological polar surface area (TPSA) is 44.8 Å². The molecule has 0 amide bonds. The quantitative estimate of drug-likeness (QED) is 0.604. The van der Waals surface area contributed by atoms with E-state index in [0.717, 1.165) is 16.9 Å². The maximum Gasteiger partial charge on any atom is 0.338 e. The molecule has 0 atom stereocenters. The summed E-state index contributed by atoms with van der Waals surface area (Å²) >= 11 is 0. The number of esters is 1. The summed E-state index contributed by atoms with van der Waals surface area (Å²) in [5, 5.41) is 0. The van der Waals surface area contributed by atoms with Crippen molar-refractivity contribution in [1.29, 1.82) is 0 Å². The molecule has 0 aliphatic carbocycles. The van der Waals surface area contributed by atoms with Crippen molar-refractivity contribution in [2.24, 2.45) is 0 Å². The van der Waals surface area contributed by atoms with Crippen LogP contribution in [0.5, 0.6) is 5.75 Å². The lowest BCUT2D eigenvalue weighted by Gasteiger charge is -2.06. The molecule has 0 bridgehead atoms. The van der Waals surface area contributed by atoms with Gasteiger partial charge in [0.1, 0.15) is 12.4 Å². The molecule has 0 aromatic heterocycles. The largest absolute Gasteiger partial charge is 0.497 e. The molecule has 0 fully saturated rings. The molecule has 2 rings (SSSR count). The highest BCUT2D eigenvalue weighted by atomic mass is 16.6. The van der Waals surface area contributed by atoms with E-state index in [1.54, 1.807) is 26.4 Å². The summed E-state index contributed by atoms with van der Waals surface area (Å²) in [6.07, 6.45) is 0. The van der Waals surface area contributed by atoms with Gasteiger partial charge in [-0.15, -0.1) is 0 Å². The van der Waals surface area contributed by atoms with Gasteiger partial charge in [-0.25, -0.2) is 4.79 Å². The Morgan fingerprint density at radius 1 is 0.857 bits per heavy atom. The van der Waals surface area contributed by atoms with Crippen molar-refractivity contribution in [2.45, 2.75) is 0 Å². The van der Waals surface area contributed by atoms with E-state index in [4.69, 9.17) is 14.2 Å². The molecule has 0 N–H and O–H groups in total. The van der Waals surface area contributed by atoms with Crippen LogP contribution in [0, 0.1) is 0 Å². The standard InChI is InChI=1S/C17H18O4/c1-19-11-12-21-17(18)15-5-3-13(4-6-15)14-7-9-16(20-2)10-8-14/h3-10H,11-12H2,1-2H3. The van der Waals surface area contributed by atoms with Gasteiger partial charge in [-0.2, -0.15) is 0 Å². The lowest BCUT2D eigenvalue weighted by Crippen LogP contribution is -2.09. The van der Waals surface area contributed by atoms with E-state index in [2.05, 4.69) is 0 Å². The number of carbonyl (C=O) groups excluding carboxylic acids is 1. The highest BCUT2D eigenvalue weighted by Gasteiger charge is 2.07. The summed E-state index contributed by atoms with van der Waals surface area (Å²) in [6.45, 7) is 0.658. The third-order valence-corrected chi connectivity index (χ3v) is 3.06. The zero-order valence-electron chi connectivity index (χ0n) is 12.2. The SMILES string of the molecule is COCCOC(=O)c1ccc(-c2ccc(OC)cc2)cc1. The first kappa shape index (κ1) is 15.1. The summed E-state index contributed by atoms with van der Waals surface area (Å²) in [5.41, 5.74) is 2.63. The fourth-order valence-electron chi connectivity index (χ4n) is 1.88. The number of hydrogen-bond donors (Lipinski definition) is 0. The van der Waals surface area contributed by atoms with E-state index in [-0.39, 0.29) is 12.6 Å². The Hall–Kier alpha value is -2.33. The van der Waals surface area contributed by atoms with E-state index in [1.807, 2.05) is 36.4 Å². The molecule has 21 heavy (non-hydrogen) atoms. The van der Waals surface area contributed by atoms with E-state index < -0.39 is 0 Å². The van der Waals surface area contributed by atoms with Crippen molar-refractivity contribution in [3.63, 3.8) is 0 Å². The van der Waals surface area contributed by atoms with Crippen LogP contribution in [0.4, 0.5) is 0 Å². The maximum absolute atomic E-state index is 11.8. The van der Waals surface area contributed by atoms with Gasteiger partial charge in [0.15, 0.2) is 0 Å². The van der Waals surface area contributed by atoms with Gasteiger partial charge in [0.25, 0.3) is 0 Å². The molecule has 0 radical (unpaired) electrons. The lowest BCUT2D eigenvalue weighted by atomic mass is 10.0. The average molecular weight is 286 g/mol. The van der Waals surface area contributed by atoms with E-state index in [1.165, 1.54) is 0 Å². The second-order valence-electron chi connectivity index (χ2n) is 4.43. The molecule has 0 saturated heterocycles. The summed E-state index contributed by atoms with van der Waals surface area (Å²) in [6, 6.07) is 15.1. The molecule has 110 valence electrons. The van der Waals surface area contributed by atoms with Crippen LogP contribution in [0.2, 0.25) is 0 Å². The number of ether oxygens (including phenoxy) is 3. The number of methoxy groups -OCH3 is 2. The van der Waals surface area contributed by atoms with Crippen molar-refractivity contribution < 1.29 is 19.0 Å². The van der Waals surface area contributed by atoms with E-state index in [0.29, 0.717) is 12.2 Å². The van der Waals surface area contributed by atoms with Crippen LogP contribution < -0.4 is 4.74 Å². The second kappa shape index (κ2) is 7.45. The third kappa shape index (κ3) is 4.07. The van der Waals surface area contributed by atoms with E-state index in [9.17, 15) is 4.79 Å². The maximum atomic E-state index is 11.8. The Balaban J connectivity index is 2.05. The number of benzene rings is 2. The highest BCUT2D eigenvalue weighted by Crippen LogP contribution is 2.22. The van der Waals surface area contributed by atoms with Crippen LogP contribution in [-0.2, 0) is 9.47 Å². The highest BCUT2D eigenvalue weighted by molar-refractivity contribution is 5.90. The zero-order chi connectivity index (χ0) is 15.1. The van der Waals surface area contributed by atoms with Gasteiger partial charge in [-0.1, -0.05) is 24.3 Å². The van der Waals surface area contributed by atoms with Gasteiger partial charge >= 0.3 is 5.97 Å². The minimum atomic E-state index is -0.340. The monoisotopic (exact) mass is 286 g/mol.